The SMILES string of the molecule is CN=C(NCCc1cccc(Cl)c1)NCCc1ccc(OC)cc1O. The summed E-state index contributed by atoms with van der Waals surface area (Å²) in [7, 11) is 3.31. The zero-order valence-corrected chi connectivity index (χ0v) is 15.3. The van der Waals surface area contributed by atoms with Crippen molar-refractivity contribution in [3.8, 4) is 11.5 Å². The number of ether oxygens (including phenoxy) is 1. The fraction of sp³-hybridized carbons (Fsp3) is 0.316. The Bertz CT molecular complexity index is 720. The zero-order valence-electron chi connectivity index (χ0n) is 14.6. The molecule has 0 spiro atoms. The highest BCUT2D eigenvalue weighted by Gasteiger charge is 2.04. The number of aliphatic imine (C=N–C) groups is 1. The molecule has 2 aromatic rings. The Balaban J connectivity index is 1.75. The molecule has 0 saturated carbocycles. The monoisotopic (exact) mass is 361 g/mol. The van der Waals surface area contributed by atoms with Crippen molar-refractivity contribution in [2.75, 3.05) is 27.2 Å². The lowest BCUT2D eigenvalue weighted by molar-refractivity contribution is 0.406. The number of hydrogen-bond donors (Lipinski definition) is 3. The Kier molecular flexibility index (Phi) is 7.41. The Morgan fingerprint density at radius 3 is 2.52 bits per heavy atom. The minimum absolute atomic E-state index is 0.241. The van der Waals surface area contributed by atoms with Gasteiger partial charge in [-0.05, 0) is 42.2 Å². The summed E-state index contributed by atoms with van der Waals surface area (Å²) in [6, 6.07) is 13.2. The molecule has 0 aliphatic rings. The predicted molar refractivity (Wildman–Crippen MR) is 103 cm³/mol. The Hall–Kier alpha value is -2.40. The average Bonchev–Trinajstić information content (AvgIpc) is 2.61. The molecule has 3 N–H and O–H groups in total. The van der Waals surface area contributed by atoms with Crippen molar-refractivity contribution in [2.45, 2.75) is 12.8 Å². The minimum Gasteiger partial charge on any atom is -0.508 e. The van der Waals surface area contributed by atoms with E-state index in [-0.39, 0.29) is 5.75 Å². The van der Waals surface area contributed by atoms with Crippen molar-refractivity contribution >= 4 is 17.6 Å². The van der Waals surface area contributed by atoms with Crippen molar-refractivity contribution in [2.24, 2.45) is 4.99 Å². The molecule has 6 heteroatoms. The molecule has 2 rings (SSSR count). The molecule has 0 bridgehead atoms. The van der Waals surface area contributed by atoms with Crippen LogP contribution in [0.25, 0.3) is 0 Å². The van der Waals surface area contributed by atoms with Crippen LogP contribution in [0.4, 0.5) is 0 Å². The molecule has 134 valence electrons. The number of halogens is 1. The molecule has 0 aliphatic heterocycles. The second-order valence-corrected chi connectivity index (χ2v) is 5.99. The van der Waals surface area contributed by atoms with Crippen LogP contribution in [0.15, 0.2) is 47.5 Å². The molecular weight excluding hydrogens is 338 g/mol. The summed E-state index contributed by atoms with van der Waals surface area (Å²) in [5, 5.41) is 17.2. The van der Waals surface area contributed by atoms with Gasteiger partial charge in [-0.25, -0.2) is 0 Å². The molecule has 0 saturated heterocycles. The van der Waals surface area contributed by atoms with Gasteiger partial charge in [-0.1, -0.05) is 29.8 Å². The third-order valence-electron chi connectivity index (χ3n) is 3.80. The summed E-state index contributed by atoms with van der Waals surface area (Å²) in [6.07, 6.45) is 1.55. The normalized spacial score (nSPS) is 11.2. The number of benzene rings is 2. The minimum atomic E-state index is 0.241. The van der Waals surface area contributed by atoms with Crippen molar-refractivity contribution in [1.82, 2.24) is 10.6 Å². The Morgan fingerprint density at radius 1 is 1.12 bits per heavy atom. The van der Waals surface area contributed by atoms with Gasteiger partial charge in [0.2, 0.25) is 0 Å². The molecule has 0 aliphatic carbocycles. The lowest BCUT2D eigenvalue weighted by Crippen LogP contribution is -2.39. The van der Waals surface area contributed by atoms with Crippen molar-refractivity contribution in [3.63, 3.8) is 0 Å². The first kappa shape index (κ1) is 18.9. The third kappa shape index (κ3) is 6.19. The van der Waals surface area contributed by atoms with Gasteiger partial charge in [0.05, 0.1) is 7.11 Å². The second-order valence-electron chi connectivity index (χ2n) is 5.55. The molecule has 0 radical (unpaired) electrons. The fourth-order valence-electron chi connectivity index (χ4n) is 2.44. The van der Waals surface area contributed by atoms with Gasteiger partial charge in [0.25, 0.3) is 0 Å². The quantitative estimate of drug-likeness (QED) is 0.524. The number of guanidine groups is 1. The Labute approximate surface area is 153 Å². The first-order valence-electron chi connectivity index (χ1n) is 8.17. The van der Waals surface area contributed by atoms with E-state index in [0.29, 0.717) is 18.7 Å². The molecule has 0 heterocycles. The molecule has 0 amide bonds. The Morgan fingerprint density at radius 2 is 1.88 bits per heavy atom. The van der Waals surface area contributed by atoms with Crippen LogP contribution in [0.1, 0.15) is 11.1 Å². The lowest BCUT2D eigenvalue weighted by atomic mass is 10.1. The summed E-state index contributed by atoms with van der Waals surface area (Å²) in [5.74, 6) is 1.62. The van der Waals surface area contributed by atoms with Gasteiger partial charge in [0, 0.05) is 31.2 Å². The number of phenolic OH excluding ortho intramolecular Hbond substituents is 1. The number of phenols is 1. The van der Waals surface area contributed by atoms with Gasteiger partial charge < -0.3 is 20.5 Å². The van der Waals surface area contributed by atoms with Crippen LogP contribution in [-0.2, 0) is 12.8 Å². The molecule has 0 unspecified atom stereocenters. The fourth-order valence-corrected chi connectivity index (χ4v) is 2.65. The first-order chi connectivity index (χ1) is 12.1. The van der Waals surface area contributed by atoms with E-state index in [1.807, 2.05) is 30.3 Å². The largest absolute Gasteiger partial charge is 0.508 e. The standard InChI is InChI=1S/C19H24ClN3O2/c1-21-19(22-10-8-14-4-3-5-16(20)12-14)23-11-9-15-6-7-17(25-2)13-18(15)24/h3-7,12-13,24H,8-11H2,1-2H3,(H2,21,22,23). The number of rotatable bonds is 7. The van der Waals surface area contributed by atoms with Gasteiger partial charge >= 0.3 is 0 Å². The molecule has 5 nitrogen and oxygen atoms in total. The molecular formula is C19H24ClN3O2. The lowest BCUT2D eigenvalue weighted by Gasteiger charge is -2.13. The number of nitrogens with one attached hydrogen (secondary N) is 2. The van der Waals surface area contributed by atoms with Crippen LogP contribution in [0.5, 0.6) is 11.5 Å². The van der Waals surface area contributed by atoms with Crippen molar-refractivity contribution in [3.05, 3.63) is 58.6 Å². The van der Waals surface area contributed by atoms with Gasteiger partial charge in [-0.15, -0.1) is 0 Å². The van der Waals surface area contributed by atoms with Crippen molar-refractivity contribution < 1.29 is 9.84 Å². The van der Waals surface area contributed by atoms with Crippen LogP contribution in [0, 0.1) is 0 Å². The van der Waals surface area contributed by atoms with Crippen LogP contribution in [0.3, 0.4) is 0 Å². The summed E-state index contributed by atoms with van der Waals surface area (Å²) >= 11 is 5.99. The molecule has 2 aromatic carbocycles. The van der Waals surface area contributed by atoms with Gasteiger partial charge in [0.15, 0.2) is 5.96 Å². The average molecular weight is 362 g/mol. The molecule has 0 aromatic heterocycles. The smallest absolute Gasteiger partial charge is 0.190 e. The van der Waals surface area contributed by atoms with Crippen LogP contribution >= 0.6 is 11.6 Å². The van der Waals surface area contributed by atoms with Crippen LogP contribution in [0.2, 0.25) is 5.02 Å². The van der Waals surface area contributed by atoms with E-state index in [1.165, 1.54) is 5.56 Å². The molecule has 25 heavy (non-hydrogen) atoms. The third-order valence-corrected chi connectivity index (χ3v) is 4.03. The summed E-state index contributed by atoms with van der Waals surface area (Å²) in [4.78, 5) is 4.20. The number of aromatic hydroxyl groups is 1. The van der Waals surface area contributed by atoms with Gasteiger partial charge in [0.1, 0.15) is 11.5 Å². The van der Waals surface area contributed by atoms with E-state index < -0.39 is 0 Å². The molecule has 0 atom stereocenters. The highest BCUT2D eigenvalue weighted by Crippen LogP contribution is 2.23. The maximum absolute atomic E-state index is 9.97. The number of nitrogens with zero attached hydrogens (tertiary/aromatic N) is 1. The van der Waals surface area contributed by atoms with Crippen LogP contribution < -0.4 is 15.4 Å². The van der Waals surface area contributed by atoms with Gasteiger partial charge in [-0.3, -0.25) is 4.99 Å². The highest BCUT2D eigenvalue weighted by molar-refractivity contribution is 6.30. The van der Waals surface area contributed by atoms with E-state index in [2.05, 4.69) is 21.7 Å². The van der Waals surface area contributed by atoms with E-state index >= 15 is 0 Å². The predicted octanol–water partition coefficient (Wildman–Crippen LogP) is 3.00. The second kappa shape index (κ2) is 9.79. The summed E-state index contributed by atoms with van der Waals surface area (Å²) in [5.41, 5.74) is 2.04. The first-order valence-corrected chi connectivity index (χ1v) is 8.55. The summed E-state index contributed by atoms with van der Waals surface area (Å²) in [6.45, 7) is 1.42. The molecule has 0 fully saturated rings. The number of hydrogen-bond acceptors (Lipinski definition) is 3. The van der Waals surface area contributed by atoms with Crippen LogP contribution in [-0.4, -0.2) is 38.3 Å². The maximum Gasteiger partial charge on any atom is 0.190 e. The topological polar surface area (TPSA) is 65.9 Å². The maximum atomic E-state index is 9.97. The summed E-state index contributed by atoms with van der Waals surface area (Å²) < 4.78 is 5.09. The van der Waals surface area contributed by atoms with E-state index in [9.17, 15) is 5.11 Å². The highest BCUT2D eigenvalue weighted by atomic mass is 35.5. The van der Waals surface area contributed by atoms with Crippen molar-refractivity contribution in [1.29, 1.82) is 0 Å². The van der Waals surface area contributed by atoms with Gasteiger partial charge in [-0.2, -0.15) is 0 Å². The number of methoxy groups -OCH3 is 1. The van der Waals surface area contributed by atoms with E-state index in [1.54, 1.807) is 20.2 Å². The van der Waals surface area contributed by atoms with E-state index in [4.69, 9.17) is 16.3 Å². The zero-order chi connectivity index (χ0) is 18.1. The van der Waals surface area contributed by atoms with E-state index in [0.717, 1.165) is 29.5 Å².